The van der Waals surface area contributed by atoms with Gasteiger partial charge < -0.3 is 5.73 Å². The molecular weight excluding hydrogens is 142 g/mol. The number of Topliss-reactive ketones (excluding diaryl/α,β-unsaturated/α-hetero) is 1. The zero-order valence-electron chi connectivity index (χ0n) is 6.80. The lowest BCUT2D eigenvalue weighted by Gasteiger charge is -2.02. The van der Waals surface area contributed by atoms with E-state index in [1.165, 1.54) is 6.92 Å². The van der Waals surface area contributed by atoms with E-state index in [1.807, 2.05) is 0 Å². The maximum atomic E-state index is 10.7. The van der Waals surface area contributed by atoms with Crippen LogP contribution in [0.4, 0.5) is 0 Å². The molecule has 3 heteroatoms. The fourth-order valence-electron chi connectivity index (χ4n) is 0.838. The van der Waals surface area contributed by atoms with Crippen LogP contribution in [0.3, 0.4) is 0 Å². The van der Waals surface area contributed by atoms with Crippen molar-refractivity contribution in [3.8, 4) is 0 Å². The molecule has 0 aliphatic carbocycles. The second-order valence-electron chi connectivity index (χ2n) is 2.57. The highest BCUT2D eigenvalue weighted by atomic mass is 16.1. The van der Waals surface area contributed by atoms with Gasteiger partial charge in [-0.15, -0.1) is 0 Å². The standard InChI is InChI=1S/C8H14NO2/c1-7(11)8(6-10)4-2-3-5-9/h8H,2-5,9H2,1H3. The van der Waals surface area contributed by atoms with E-state index in [0.29, 0.717) is 13.0 Å². The van der Waals surface area contributed by atoms with Crippen molar-refractivity contribution in [1.29, 1.82) is 0 Å². The molecule has 0 aromatic heterocycles. The number of hydrogen-bond acceptors (Lipinski definition) is 3. The third-order valence-corrected chi connectivity index (χ3v) is 1.58. The average molecular weight is 156 g/mol. The van der Waals surface area contributed by atoms with E-state index in [-0.39, 0.29) is 5.78 Å². The van der Waals surface area contributed by atoms with E-state index in [1.54, 1.807) is 6.29 Å². The zero-order chi connectivity index (χ0) is 8.69. The highest BCUT2D eigenvalue weighted by Gasteiger charge is 2.12. The molecule has 0 aliphatic rings. The van der Waals surface area contributed by atoms with Gasteiger partial charge in [0.1, 0.15) is 5.78 Å². The Bertz CT molecular complexity index is 134. The molecule has 0 rings (SSSR count). The topological polar surface area (TPSA) is 60.2 Å². The van der Waals surface area contributed by atoms with Crippen molar-refractivity contribution in [1.82, 2.24) is 0 Å². The fourth-order valence-corrected chi connectivity index (χ4v) is 0.838. The van der Waals surface area contributed by atoms with Crippen LogP contribution in [0.1, 0.15) is 26.2 Å². The van der Waals surface area contributed by atoms with E-state index in [2.05, 4.69) is 0 Å². The molecule has 2 N–H and O–H groups in total. The van der Waals surface area contributed by atoms with Crippen molar-refractivity contribution >= 4 is 12.1 Å². The lowest BCUT2D eigenvalue weighted by atomic mass is 10.00. The summed E-state index contributed by atoms with van der Waals surface area (Å²) in [4.78, 5) is 20.8. The number of ketones is 1. The first-order valence-corrected chi connectivity index (χ1v) is 3.80. The van der Waals surface area contributed by atoms with Crippen molar-refractivity contribution in [2.45, 2.75) is 26.2 Å². The van der Waals surface area contributed by atoms with Crippen molar-refractivity contribution in [3.05, 3.63) is 0 Å². The van der Waals surface area contributed by atoms with Gasteiger partial charge in [-0.3, -0.25) is 9.59 Å². The molecule has 0 aromatic rings. The molecule has 0 aliphatic heterocycles. The van der Waals surface area contributed by atoms with Crippen LogP contribution in [0, 0.1) is 5.92 Å². The molecule has 3 nitrogen and oxygen atoms in total. The Kier molecular flexibility index (Phi) is 5.65. The van der Waals surface area contributed by atoms with Gasteiger partial charge in [0.05, 0.1) is 5.92 Å². The Balaban J connectivity index is 3.52. The summed E-state index contributed by atoms with van der Waals surface area (Å²) in [6.07, 6.45) is 4.01. The van der Waals surface area contributed by atoms with E-state index >= 15 is 0 Å². The summed E-state index contributed by atoms with van der Waals surface area (Å²) in [6, 6.07) is 0. The number of unbranched alkanes of at least 4 members (excludes halogenated alkanes) is 1. The Hall–Kier alpha value is -0.700. The minimum atomic E-state index is -0.526. The predicted molar refractivity (Wildman–Crippen MR) is 42.8 cm³/mol. The fraction of sp³-hybridized carbons (Fsp3) is 0.750. The molecule has 1 radical (unpaired) electrons. The van der Waals surface area contributed by atoms with Gasteiger partial charge in [0, 0.05) is 0 Å². The summed E-state index contributed by atoms with van der Waals surface area (Å²) in [5, 5.41) is 0. The molecule has 0 saturated heterocycles. The molecule has 0 fully saturated rings. The summed E-state index contributed by atoms with van der Waals surface area (Å²) >= 11 is 0. The Labute approximate surface area is 67.0 Å². The van der Waals surface area contributed by atoms with Crippen LogP contribution in [-0.2, 0) is 9.59 Å². The van der Waals surface area contributed by atoms with Gasteiger partial charge in [0.25, 0.3) is 0 Å². The number of hydrogen-bond donors (Lipinski definition) is 1. The summed E-state index contributed by atoms with van der Waals surface area (Å²) in [5.74, 6) is -0.626. The maximum Gasteiger partial charge on any atom is 0.209 e. The van der Waals surface area contributed by atoms with Gasteiger partial charge in [0.2, 0.25) is 6.29 Å². The van der Waals surface area contributed by atoms with E-state index in [9.17, 15) is 9.59 Å². The Morgan fingerprint density at radius 2 is 2.18 bits per heavy atom. The van der Waals surface area contributed by atoms with Crippen LogP contribution < -0.4 is 5.73 Å². The van der Waals surface area contributed by atoms with Crippen LogP contribution in [-0.4, -0.2) is 18.6 Å². The lowest BCUT2D eigenvalue weighted by Crippen LogP contribution is -2.12. The quantitative estimate of drug-likeness (QED) is 0.448. The van der Waals surface area contributed by atoms with Gasteiger partial charge in [-0.05, 0) is 26.3 Å². The summed E-state index contributed by atoms with van der Waals surface area (Å²) in [7, 11) is 0. The van der Waals surface area contributed by atoms with Gasteiger partial charge in [-0.2, -0.15) is 0 Å². The van der Waals surface area contributed by atoms with Gasteiger partial charge >= 0.3 is 0 Å². The summed E-state index contributed by atoms with van der Waals surface area (Å²) in [5.41, 5.74) is 5.25. The Morgan fingerprint density at radius 3 is 2.55 bits per heavy atom. The van der Waals surface area contributed by atoms with Crippen LogP contribution in [0.2, 0.25) is 0 Å². The summed E-state index contributed by atoms with van der Waals surface area (Å²) < 4.78 is 0. The lowest BCUT2D eigenvalue weighted by molar-refractivity contribution is -0.119. The maximum absolute atomic E-state index is 10.7. The van der Waals surface area contributed by atoms with Gasteiger partial charge in [0.15, 0.2) is 0 Å². The molecule has 0 bridgehead atoms. The first-order chi connectivity index (χ1) is 5.22. The number of carbonyl (C=O) groups is 1. The molecule has 0 aromatic carbocycles. The zero-order valence-corrected chi connectivity index (χ0v) is 6.80. The molecule has 0 amide bonds. The van der Waals surface area contributed by atoms with E-state index in [4.69, 9.17) is 5.73 Å². The largest absolute Gasteiger partial charge is 0.330 e. The molecule has 63 valence electrons. The average Bonchev–Trinajstić information content (AvgIpc) is 1.97. The van der Waals surface area contributed by atoms with Crippen LogP contribution in [0.15, 0.2) is 0 Å². The first-order valence-electron chi connectivity index (χ1n) is 3.80. The van der Waals surface area contributed by atoms with E-state index < -0.39 is 5.92 Å². The SMILES string of the molecule is CC(=O)C([C]=O)CCCCN. The van der Waals surface area contributed by atoms with E-state index in [0.717, 1.165) is 12.8 Å². The smallest absolute Gasteiger partial charge is 0.209 e. The minimum absolute atomic E-state index is 0.1000. The molecule has 11 heavy (non-hydrogen) atoms. The highest BCUT2D eigenvalue weighted by Crippen LogP contribution is 2.06. The van der Waals surface area contributed by atoms with Crippen molar-refractivity contribution in [2.75, 3.05) is 6.54 Å². The third kappa shape index (κ3) is 4.67. The molecular formula is C8H14NO2. The predicted octanol–water partition coefficient (Wildman–Crippen LogP) is 0.430. The van der Waals surface area contributed by atoms with Crippen molar-refractivity contribution in [2.24, 2.45) is 11.7 Å². The number of carbonyl (C=O) groups excluding carboxylic acids is 2. The second-order valence-corrected chi connectivity index (χ2v) is 2.57. The molecule has 0 heterocycles. The van der Waals surface area contributed by atoms with Gasteiger partial charge in [-0.25, -0.2) is 0 Å². The second kappa shape index (κ2) is 6.04. The van der Waals surface area contributed by atoms with Crippen molar-refractivity contribution < 1.29 is 9.59 Å². The molecule has 1 unspecified atom stereocenters. The molecule has 1 atom stereocenters. The number of nitrogens with two attached hydrogens (primary N) is 1. The number of rotatable bonds is 6. The molecule has 0 spiro atoms. The van der Waals surface area contributed by atoms with Crippen molar-refractivity contribution in [3.63, 3.8) is 0 Å². The third-order valence-electron chi connectivity index (χ3n) is 1.58. The Morgan fingerprint density at radius 1 is 1.55 bits per heavy atom. The monoisotopic (exact) mass is 156 g/mol. The summed E-state index contributed by atoms with van der Waals surface area (Å²) in [6.45, 7) is 2.03. The highest BCUT2D eigenvalue weighted by molar-refractivity contribution is 5.91. The van der Waals surface area contributed by atoms with Crippen LogP contribution in [0.5, 0.6) is 0 Å². The van der Waals surface area contributed by atoms with Gasteiger partial charge in [-0.1, -0.05) is 6.42 Å². The van der Waals surface area contributed by atoms with Crippen LogP contribution >= 0.6 is 0 Å². The molecule has 0 saturated carbocycles. The first kappa shape index (κ1) is 10.3. The normalized spacial score (nSPS) is 12.5. The minimum Gasteiger partial charge on any atom is -0.330 e. The van der Waals surface area contributed by atoms with Crippen LogP contribution in [0.25, 0.3) is 0 Å².